The van der Waals surface area contributed by atoms with Gasteiger partial charge in [0.1, 0.15) is 11.5 Å². The molecule has 0 bridgehead atoms. The Balaban J connectivity index is 2.77. The molecule has 1 rings (SSSR count). The largest absolute Gasteiger partial charge is 0.508 e. The number of phenols is 2. The van der Waals surface area contributed by atoms with E-state index in [-0.39, 0.29) is 23.5 Å². The number of benzene rings is 1. The minimum atomic E-state index is -0.988. The molecule has 0 saturated heterocycles. The van der Waals surface area contributed by atoms with Gasteiger partial charge in [-0.1, -0.05) is 13.3 Å². The third-order valence-corrected chi connectivity index (χ3v) is 2.56. The number of rotatable bonds is 6. The molecule has 1 amide bonds. The van der Waals surface area contributed by atoms with Crippen molar-refractivity contribution < 1.29 is 24.9 Å². The van der Waals surface area contributed by atoms with Crippen LogP contribution < -0.4 is 5.32 Å². The van der Waals surface area contributed by atoms with Crippen LogP contribution in [0.2, 0.25) is 0 Å². The number of hydrogen-bond donors (Lipinski definition) is 4. The molecule has 19 heavy (non-hydrogen) atoms. The van der Waals surface area contributed by atoms with Crippen LogP contribution >= 0.6 is 0 Å². The van der Waals surface area contributed by atoms with Crippen LogP contribution in [-0.2, 0) is 4.79 Å². The summed E-state index contributed by atoms with van der Waals surface area (Å²) in [6.07, 6.45) is 1.12. The molecule has 0 spiro atoms. The van der Waals surface area contributed by atoms with Crippen molar-refractivity contribution in [2.75, 3.05) is 0 Å². The Hall–Kier alpha value is -2.24. The Kier molecular flexibility index (Phi) is 5.17. The van der Waals surface area contributed by atoms with Crippen LogP contribution in [0.15, 0.2) is 18.2 Å². The van der Waals surface area contributed by atoms with E-state index in [0.29, 0.717) is 6.42 Å². The van der Waals surface area contributed by atoms with Gasteiger partial charge in [0, 0.05) is 17.7 Å². The van der Waals surface area contributed by atoms with Crippen LogP contribution in [0.25, 0.3) is 0 Å². The van der Waals surface area contributed by atoms with Gasteiger partial charge >= 0.3 is 5.97 Å². The molecule has 0 aliphatic heterocycles. The van der Waals surface area contributed by atoms with Crippen LogP contribution in [0.4, 0.5) is 0 Å². The average molecular weight is 267 g/mol. The van der Waals surface area contributed by atoms with Gasteiger partial charge in [-0.3, -0.25) is 9.59 Å². The van der Waals surface area contributed by atoms with E-state index in [9.17, 15) is 19.8 Å². The quantitative estimate of drug-likeness (QED) is 0.624. The predicted molar refractivity (Wildman–Crippen MR) is 68.2 cm³/mol. The molecule has 1 aromatic carbocycles. The van der Waals surface area contributed by atoms with Crippen molar-refractivity contribution in [1.29, 1.82) is 0 Å². The van der Waals surface area contributed by atoms with Gasteiger partial charge < -0.3 is 20.6 Å². The van der Waals surface area contributed by atoms with Gasteiger partial charge in [-0.2, -0.15) is 0 Å². The van der Waals surface area contributed by atoms with Gasteiger partial charge in [-0.25, -0.2) is 0 Å². The maximum Gasteiger partial charge on any atom is 0.305 e. The number of aliphatic carboxylic acids is 1. The number of amides is 1. The van der Waals surface area contributed by atoms with Gasteiger partial charge in [0.05, 0.1) is 6.42 Å². The summed E-state index contributed by atoms with van der Waals surface area (Å²) < 4.78 is 0. The van der Waals surface area contributed by atoms with Gasteiger partial charge in [-0.15, -0.1) is 0 Å². The Morgan fingerprint density at radius 2 is 1.79 bits per heavy atom. The number of phenolic OH excluding ortho intramolecular Hbond substituents is 2. The number of carbonyl (C=O) groups excluding carboxylic acids is 1. The molecule has 0 aliphatic carbocycles. The number of hydrogen-bond acceptors (Lipinski definition) is 4. The van der Waals surface area contributed by atoms with E-state index in [1.807, 2.05) is 6.92 Å². The van der Waals surface area contributed by atoms with E-state index in [2.05, 4.69) is 5.32 Å². The second-order valence-corrected chi connectivity index (χ2v) is 4.30. The second kappa shape index (κ2) is 6.63. The zero-order chi connectivity index (χ0) is 14.4. The maximum atomic E-state index is 11.9. The number of carbonyl (C=O) groups is 2. The van der Waals surface area contributed by atoms with Crippen molar-refractivity contribution in [3.8, 4) is 11.5 Å². The van der Waals surface area contributed by atoms with Gasteiger partial charge in [0.15, 0.2) is 0 Å². The van der Waals surface area contributed by atoms with Crippen molar-refractivity contribution in [3.63, 3.8) is 0 Å². The smallest absolute Gasteiger partial charge is 0.305 e. The van der Waals surface area contributed by atoms with Crippen LogP contribution in [0.5, 0.6) is 11.5 Å². The topological polar surface area (TPSA) is 107 Å². The third kappa shape index (κ3) is 4.87. The highest BCUT2D eigenvalue weighted by atomic mass is 16.4. The summed E-state index contributed by atoms with van der Waals surface area (Å²) in [7, 11) is 0. The van der Waals surface area contributed by atoms with Gasteiger partial charge in [0.25, 0.3) is 5.91 Å². The highest BCUT2D eigenvalue weighted by Crippen LogP contribution is 2.20. The summed E-state index contributed by atoms with van der Waals surface area (Å²) in [5.74, 6) is -1.96. The molecule has 0 saturated carbocycles. The van der Waals surface area contributed by atoms with E-state index in [1.165, 1.54) is 12.1 Å². The van der Waals surface area contributed by atoms with Crippen molar-refractivity contribution in [2.45, 2.75) is 32.2 Å². The minimum absolute atomic E-state index is 0.0870. The lowest BCUT2D eigenvalue weighted by molar-refractivity contribution is -0.137. The molecule has 4 N–H and O–H groups in total. The predicted octanol–water partition coefficient (Wildman–Crippen LogP) is 1.47. The molecule has 104 valence electrons. The highest BCUT2D eigenvalue weighted by Gasteiger charge is 2.17. The Labute approximate surface area is 110 Å². The Bertz CT molecular complexity index is 452. The summed E-state index contributed by atoms with van der Waals surface area (Å²) in [4.78, 5) is 22.6. The Morgan fingerprint density at radius 3 is 2.26 bits per heavy atom. The van der Waals surface area contributed by atoms with Crippen LogP contribution in [0, 0.1) is 0 Å². The Morgan fingerprint density at radius 1 is 1.21 bits per heavy atom. The summed E-state index contributed by atoms with van der Waals surface area (Å²) in [6.45, 7) is 1.89. The normalized spacial score (nSPS) is 11.8. The van der Waals surface area contributed by atoms with Crippen LogP contribution in [-0.4, -0.2) is 33.2 Å². The van der Waals surface area contributed by atoms with Crippen LogP contribution in [0.3, 0.4) is 0 Å². The highest BCUT2D eigenvalue weighted by molar-refractivity contribution is 5.95. The average Bonchev–Trinajstić information content (AvgIpc) is 2.26. The second-order valence-electron chi connectivity index (χ2n) is 4.30. The first-order chi connectivity index (χ1) is 8.92. The fourth-order valence-electron chi connectivity index (χ4n) is 1.78. The molecule has 6 nitrogen and oxygen atoms in total. The first-order valence-corrected chi connectivity index (χ1v) is 5.98. The fraction of sp³-hybridized carbons (Fsp3) is 0.385. The summed E-state index contributed by atoms with van der Waals surface area (Å²) in [6, 6.07) is 3.05. The lowest BCUT2D eigenvalue weighted by Gasteiger charge is -2.16. The molecule has 6 heteroatoms. The molecule has 1 atom stereocenters. The SMILES string of the molecule is CCCC(CC(=O)O)NC(=O)c1cc(O)cc(O)c1. The lowest BCUT2D eigenvalue weighted by atomic mass is 10.1. The molecule has 0 radical (unpaired) electrons. The number of aromatic hydroxyl groups is 2. The number of carboxylic acids is 1. The number of carboxylic acid groups (broad SMARTS) is 1. The van der Waals surface area contributed by atoms with E-state index in [1.54, 1.807) is 0 Å². The monoisotopic (exact) mass is 267 g/mol. The zero-order valence-electron chi connectivity index (χ0n) is 10.6. The van der Waals surface area contributed by atoms with E-state index in [0.717, 1.165) is 12.5 Å². The number of nitrogens with one attached hydrogen (secondary N) is 1. The van der Waals surface area contributed by atoms with E-state index >= 15 is 0 Å². The molecular formula is C13H17NO5. The molecule has 1 unspecified atom stereocenters. The summed E-state index contributed by atoms with van der Waals surface area (Å²) >= 11 is 0. The minimum Gasteiger partial charge on any atom is -0.508 e. The molecule has 0 heterocycles. The van der Waals surface area contributed by atoms with Crippen molar-refractivity contribution in [1.82, 2.24) is 5.32 Å². The van der Waals surface area contributed by atoms with Crippen LogP contribution in [0.1, 0.15) is 36.5 Å². The molecule has 0 fully saturated rings. The first-order valence-electron chi connectivity index (χ1n) is 5.98. The van der Waals surface area contributed by atoms with Crippen molar-refractivity contribution in [3.05, 3.63) is 23.8 Å². The summed E-state index contributed by atoms with van der Waals surface area (Å²) in [5.41, 5.74) is 0.0870. The van der Waals surface area contributed by atoms with Gasteiger partial charge in [-0.05, 0) is 18.6 Å². The fourth-order valence-corrected chi connectivity index (χ4v) is 1.78. The zero-order valence-corrected chi connectivity index (χ0v) is 10.6. The summed E-state index contributed by atoms with van der Waals surface area (Å²) in [5, 5.41) is 29.9. The maximum absolute atomic E-state index is 11.9. The molecule has 1 aromatic rings. The third-order valence-electron chi connectivity index (χ3n) is 2.56. The van der Waals surface area contributed by atoms with E-state index in [4.69, 9.17) is 5.11 Å². The molecule has 0 aromatic heterocycles. The standard InChI is InChI=1S/C13H17NO5/c1-2-3-9(6-12(17)18)14-13(19)8-4-10(15)7-11(16)5-8/h4-5,7,9,15-16H,2-3,6H2,1H3,(H,14,19)(H,17,18). The lowest BCUT2D eigenvalue weighted by Crippen LogP contribution is -2.36. The van der Waals surface area contributed by atoms with E-state index < -0.39 is 17.9 Å². The first kappa shape index (κ1) is 14.8. The van der Waals surface area contributed by atoms with Gasteiger partial charge in [0.2, 0.25) is 0 Å². The van der Waals surface area contributed by atoms with Crippen molar-refractivity contribution >= 4 is 11.9 Å². The van der Waals surface area contributed by atoms with Crippen molar-refractivity contribution in [2.24, 2.45) is 0 Å². The molecule has 0 aliphatic rings. The molecular weight excluding hydrogens is 250 g/mol.